The van der Waals surface area contributed by atoms with E-state index in [-0.39, 0.29) is 6.54 Å². The lowest BCUT2D eigenvalue weighted by Crippen LogP contribution is -2.41. The van der Waals surface area contributed by atoms with Gasteiger partial charge in [-0.1, -0.05) is 6.07 Å². The van der Waals surface area contributed by atoms with Gasteiger partial charge in [-0.15, -0.1) is 0 Å². The highest BCUT2D eigenvalue weighted by Crippen LogP contribution is 2.22. The summed E-state index contributed by atoms with van der Waals surface area (Å²) in [4.78, 5) is 12.4. The molecule has 0 unspecified atom stereocenters. The van der Waals surface area contributed by atoms with E-state index in [0.29, 0.717) is 10.5 Å². The third kappa shape index (κ3) is 4.92. The van der Waals surface area contributed by atoms with Gasteiger partial charge in [-0.05, 0) is 34.5 Å². The Morgan fingerprint density at radius 3 is 2.35 bits per heavy atom. The maximum atomic E-state index is 13.5. The van der Waals surface area contributed by atoms with Crippen LogP contribution in [0.1, 0.15) is 5.56 Å². The fourth-order valence-electron chi connectivity index (χ4n) is 1.82. The number of benzene rings is 1. The number of urea groups is 1. The minimum atomic E-state index is -4.64. The van der Waals surface area contributed by atoms with Crippen LogP contribution in [0.3, 0.4) is 0 Å². The molecule has 1 aromatic heterocycles. The Balaban J connectivity index is 2.18. The highest BCUT2D eigenvalue weighted by molar-refractivity contribution is 7.07. The summed E-state index contributed by atoms with van der Waals surface area (Å²) in [6.07, 6.45) is -4.64. The number of carbonyl (C=O) groups is 1. The molecule has 124 valence electrons. The quantitative estimate of drug-likeness (QED) is 0.802. The SMILES string of the molecule is O=C(Nc1c(F)cccc1F)N(Cc1ccsc1)CC(F)(F)F. The average molecular weight is 350 g/mol. The first-order valence-electron chi connectivity index (χ1n) is 6.34. The normalized spacial score (nSPS) is 11.3. The van der Waals surface area contributed by atoms with Crippen molar-refractivity contribution in [2.45, 2.75) is 12.7 Å². The van der Waals surface area contributed by atoms with Gasteiger partial charge in [-0.2, -0.15) is 24.5 Å². The van der Waals surface area contributed by atoms with Crippen molar-refractivity contribution in [2.24, 2.45) is 0 Å². The number of hydrogen-bond donors (Lipinski definition) is 1. The molecule has 0 aliphatic heterocycles. The topological polar surface area (TPSA) is 32.3 Å². The summed E-state index contributed by atoms with van der Waals surface area (Å²) in [5.74, 6) is -2.14. The predicted molar refractivity (Wildman–Crippen MR) is 76.2 cm³/mol. The lowest BCUT2D eigenvalue weighted by molar-refractivity contribution is -0.140. The van der Waals surface area contributed by atoms with Gasteiger partial charge in [0, 0.05) is 6.54 Å². The molecule has 2 rings (SSSR count). The summed E-state index contributed by atoms with van der Waals surface area (Å²) in [6, 6.07) is 3.19. The van der Waals surface area contributed by atoms with Crippen LogP contribution in [0.15, 0.2) is 35.0 Å². The lowest BCUT2D eigenvalue weighted by atomic mass is 10.3. The third-order valence-corrected chi connectivity index (χ3v) is 3.54. The van der Waals surface area contributed by atoms with Crippen LogP contribution in [0.25, 0.3) is 0 Å². The van der Waals surface area contributed by atoms with E-state index in [1.807, 2.05) is 5.32 Å². The van der Waals surface area contributed by atoms with Crippen LogP contribution in [0.5, 0.6) is 0 Å². The largest absolute Gasteiger partial charge is 0.406 e. The predicted octanol–water partition coefficient (Wildman–Crippen LogP) is 4.62. The number of halogens is 5. The molecule has 2 amide bonds. The molecule has 0 saturated heterocycles. The van der Waals surface area contributed by atoms with Crippen LogP contribution in [-0.2, 0) is 6.54 Å². The molecule has 0 aliphatic carbocycles. The highest BCUT2D eigenvalue weighted by atomic mass is 32.1. The van der Waals surface area contributed by atoms with Crippen molar-refractivity contribution in [1.29, 1.82) is 0 Å². The molecular formula is C14H11F5N2OS. The van der Waals surface area contributed by atoms with Crippen LogP contribution < -0.4 is 5.32 Å². The van der Waals surface area contributed by atoms with Crippen molar-refractivity contribution in [3.05, 3.63) is 52.2 Å². The van der Waals surface area contributed by atoms with Crippen LogP contribution in [0, 0.1) is 11.6 Å². The van der Waals surface area contributed by atoms with Gasteiger partial charge >= 0.3 is 12.2 Å². The zero-order valence-electron chi connectivity index (χ0n) is 11.5. The first-order chi connectivity index (χ1) is 10.8. The Bertz CT molecular complexity index is 652. The molecule has 0 saturated carbocycles. The van der Waals surface area contributed by atoms with E-state index in [2.05, 4.69) is 0 Å². The van der Waals surface area contributed by atoms with Crippen molar-refractivity contribution >= 4 is 23.1 Å². The number of hydrogen-bond acceptors (Lipinski definition) is 2. The summed E-state index contributed by atoms with van der Waals surface area (Å²) in [6.45, 7) is -1.87. The molecule has 1 aromatic carbocycles. The van der Waals surface area contributed by atoms with Crippen LogP contribution >= 0.6 is 11.3 Å². The van der Waals surface area contributed by atoms with Gasteiger partial charge in [0.05, 0.1) is 0 Å². The molecule has 0 aliphatic rings. The second kappa shape index (κ2) is 6.95. The second-order valence-corrected chi connectivity index (χ2v) is 5.41. The monoisotopic (exact) mass is 350 g/mol. The number of carbonyl (C=O) groups excluding carboxylic acids is 1. The molecule has 2 aromatic rings. The number of amides is 2. The third-order valence-electron chi connectivity index (χ3n) is 2.81. The number of anilines is 1. The van der Waals surface area contributed by atoms with Gasteiger partial charge in [0.25, 0.3) is 0 Å². The number of para-hydroxylation sites is 1. The minimum absolute atomic E-state index is 0.328. The smallest absolute Gasteiger partial charge is 0.311 e. The Kier molecular flexibility index (Phi) is 5.19. The summed E-state index contributed by atoms with van der Waals surface area (Å²) in [7, 11) is 0. The number of rotatable bonds is 4. The number of thiophene rings is 1. The number of alkyl halides is 3. The average Bonchev–Trinajstić information content (AvgIpc) is 2.93. The fourth-order valence-corrected chi connectivity index (χ4v) is 2.48. The van der Waals surface area contributed by atoms with E-state index in [1.54, 1.807) is 16.8 Å². The molecule has 1 N–H and O–H groups in total. The zero-order chi connectivity index (χ0) is 17.0. The first-order valence-corrected chi connectivity index (χ1v) is 7.28. The first kappa shape index (κ1) is 17.2. The molecule has 0 bridgehead atoms. The maximum absolute atomic E-state index is 13.5. The van der Waals surface area contributed by atoms with Crippen molar-refractivity contribution < 1.29 is 26.7 Å². The summed E-state index contributed by atoms with van der Waals surface area (Å²) in [5, 5.41) is 5.09. The van der Waals surface area contributed by atoms with Gasteiger partial charge in [-0.3, -0.25) is 0 Å². The minimum Gasteiger partial charge on any atom is -0.311 e. The zero-order valence-corrected chi connectivity index (χ0v) is 12.3. The molecule has 0 spiro atoms. The van der Waals surface area contributed by atoms with Crippen molar-refractivity contribution in [2.75, 3.05) is 11.9 Å². The van der Waals surface area contributed by atoms with E-state index in [9.17, 15) is 26.7 Å². The molecule has 9 heteroatoms. The molecule has 3 nitrogen and oxygen atoms in total. The molecular weight excluding hydrogens is 339 g/mol. The van der Waals surface area contributed by atoms with E-state index < -0.39 is 36.1 Å². The van der Waals surface area contributed by atoms with Gasteiger partial charge in [-0.25, -0.2) is 13.6 Å². The van der Waals surface area contributed by atoms with Crippen LogP contribution in [0.4, 0.5) is 32.4 Å². The van der Waals surface area contributed by atoms with Crippen molar-refractivity contribution in [3.63, 3.8) is 0 Å². The Morgan fingerprint density at radius 1 is 1.17 bits per heavy atom. The Hall–Kier alpha value is -2.16. The Morgan fingerprint density at radius 2 is 1.83 bits per heavy atom. The maximum Gasteiger partial charge on any atom is 0.406 e. The van der Waals surface area contributed by atoms with Crippen molar-refractivity contribution in [3.8, 4) is 0 Å². The standard InChI is InChI=1S/C14H11F5N2OS/c15-10-2-1-3-11(16)12(10)20-13(22)21(8-14(17,18)19)6-9-4-5-23-7-9/h1-5,7H,6,8H2,(H,20,22). The highest BCUT2D eigenvalue weighted by Gasteiger charge is 2.33. The molecule has 23 heavy (non-hydrogen) atoms. The van der Waals surface area contributed by atoms with Crippen molar-refractivity contribution in [1.82, 2.24) is 4.90 Å². The molecule has 0 atom stereocenters. The van der Waals surface area contributed by atoms with E-state index in [0.717, 1.165) is 18.2 Å². The van der Waals surface area contributed by atoms with Gasteiger partial charge < -0.3 is 10.2 Å². The van der Waals surface area contributed by atoms with E-state index >= 15 is 0 Å². The van der Waals surface area contributed by atoms with E-state index in [4.69, 9.17) is 0 Å². The lowest BCUT2D eigenvalue weighted by Gasteiger charge is -2.24. The molecule has 0 radical (unpaired) electrons. The summed E-state index contributed by atoms with van der Waals surface area (Å²) in [5.41, 5.74) is -0.293. The van der Waals surface area contributed by atoms with Crippen LogP contribution in [0.2, 0.25) is 0 Å². The van der Waals surface area contributed by atoms with Crippen LogP contribution in [-0.4, -0.2) is 23.7 Å². The second-order valence-electron chi connectivity index (χ2n) is 4.63. The van der Waals surface area contributed by atoms with Gasteiger partial charge in [0.15, 0.2) is 0 Å². The molecule has 1 heterocycles. The summed E-state index contributed by atoms with van der Waals surface area (Å²) < 4.78 is 64.9. The number of nitrogens with one attached hydrogen (secondary N) is 1. The fraction of sp³-hybridized carbons (Fsp3) is 0.214. The Labute approximate surface area is 132 Å². The number of nitrogens with zero attached hydrogens (tertiary/aromatic N) is 1. The van der Waals surface area contributed by atoms with E-state index in [1.165, 1.54) is 11.3 Å². The van der Waals surface area contributed by atoms with Gasteiger partial charge in [0.1, 0.15) is 23.9 Å². The molecule has 0 fully saturated rings. The summed E-state index contributed by atoms with van der Waals surface area (Å²) >= 11 is 1.26. The van der Waals surface area contributed by atoms with Gasteiger partial charge in [0.2, 0.25) is 0 Å².